The fourth-order valence-corrected chi connectivity index (χ4v) is 4.52. The van der Waals surface area contributed by atoms with Gasteiger partial charge in [-0.1, -0.05) is 44.4 Å². The highest BCUT2D eigenvalue weighted by molar-refractivity contribution is 5.95. The number of rotatable bonds is 0. The van der Waals surface area contributed by atoms with Crippen molar-refractivity contribution < 1.29 is 4.79 Å². The second-order valence-electron chi connectivity index (χ2n) is 6.76. The van der Waals surface area contributed by atoms with E-state index in [-0.39, 0.29) is 11.4 Å². The third kappa shape index (κ3) is 1.97. The summed E-state index contributed by atoms with van der Waals surface area (Å²) in [7, 11) is 0. The van der Waals surface area contributed by atoms with Crippen LogP contribution in [0.25, 0.3) is 0 Å². The normalized spacial score (nSPS) is 24.6. The Kier molecular flexibility index (Phi) is 3.35. The summed E-state index contributed by atoms with van der Waals surface area (Å²) < 4.78 is 0. The van der Waals surface area contributed by atoms with E-state index >= 15 is 0 Å². The summed E-state index contributed by atoms with van der Waals surface area (Å²) in [4.78, 5) is 14.6. The number of fused-ring (bicyclic) bond motifs is 1. The molecular formula is C18H25NO. The van der Waals surface area contributed by atoms with Gasteiger partial charge in [0, 0.05) is 12.5 Å². The van der Waals surface area contributed by atoms with Crippen molar-refractivity contribution in [2.75, 3.05) is 4.90 Å². The number of amides is 1. The van der Waals surface area contributed by atoms with E-state index in [1.165, 1.54) is 48.9 Å². The van der Waals surface area contributed by atoms with Gasteiger partial charge >= 0.3 is 0 Å². The molecule has 1 saturated carbocycles. The minimum Gasteiger partial charge on any atom is -0.306 e. The summed E-state index contributed by atoms with van der Waals surface area (Å²) in [5, 5.41) is 0. The van der Waals surface area contributed by atoms with Gasteiger partial charge in [-0.15, -0.1) is 0 Å². The van der Waals surface area contributed by atoms with Crippen LogP contribution in [-0.2, 0) is 4.79 Å². The molecule has 0 aromatic heterocycles. The van der Waals surface area contributed by atoms with Gasteiger partial charge in [0.2, 0.25) is 5.91 Å². The predicted octanol–water partition coefficient (Wildman–Crippen LogP) is 4.56. The molecule has 3 rings (SSSR count). The zero-order valence-corrected chi connectivity index (χ0v) is 12.9. The Morgan fingerprint density at radius 1 is 1.25 bits per heavy atom. The van der Waals surface area contributed by atoms with Gasteiger partial charge in [0.15, 0.2) is 0 Å². The smallest absolute Gasteiger partial charge is 0.224 e. The molecule has 0 saturated heterocycles. The first-order valence-electron chi connectivity index (χ1n) is 7.95. The monoisotopic (exact) mass is 271 g/mol. The number of nitrogens with zero attached hydrogens (tertiary/aromatic N) is 1. The molecule has 0 unspecified atom stereocenters. The Morgan fingerprint density at radius 2 is 1.95 bits per heavy atom. The number of anilines is 1. The van der Waals surface area contributed by atoms with Gasteiger partial charge in [-0.25, -0.2) is 0 Å². The second kappa shape index (κ2) is 4.91. The molecule has 108 valence electrons. The largest absolute Gasteiger partial charge is 0.306 e. The molecule has 1 amide bonds. The molecule has 2 nitrogen and oxygen atoms in total. The molecule has 1 aliphatic heterocycles. The zero-order chi connectivity index (χ0) is 14.3. The van der Waals surface area contributed by atoms with Crippen molar-refractivity contribution in [2.24, 2.45) is 0 Å². The molecule has 1 aliphatic carbocycles. The average Bonchev–Trinajstić information content (AvgIpc) is 2.40. The van der Waals surface area contributed by atoms with Crippen LogP contribution in [-0.4, -0.2) is 11.4 Å². The molecule has 1 fully saturated rings. The van der Waals surface area contributed by atoms with Crippen molar-refractivity contribution >= 4 is 11.6 Å². The standard InChI is InChI=1S/C18H25NO/c1-13-8-7-9-16-14(2)12-18(10-5-4-6-11-18)19(15(3)20)17(13)16/h7-9,14H,4-6,10-12H2,1-3H3/t14-/m0/s1. The number of hydrogen-bond donors (Lipinski definition) is 0. The number of hydrogen-bond acceptors (Lipinski definition) is 1. The third-order valence-electron chi connectivity index (χ3n) is 5.28. The van der Waals surface area contributed by atoms with Crippen LogP contribution in [0.1, 0.15) is 69.4 Å². The molecule has 0 N–H and O–H groups in total. The lowest BCUT2D eigenvalue weighted by Crippen LogP contribution is -2.56. The molecule has 1 atom stereocenters. The molecule has 2 heteroatoms. The Balaban J connectivity index is 2.17. The highest BCUT2D eigenvalue weighted by Gasteiger charge is 2.46. The highest BCUT2D eigenvalue weighted by atomic mass is 16.2. The van der Waals surface area contributed by atoms with Crippen LogP contribution in [0.2, 0.25) is 0 Å². The van der Waals surface area contributed by atoms with Crippen molar-refractivity contribution in [2.45, 2.75) is 70.8 Å². The lowest BCUT2D eigenvalue weighted by atomic mass is 9.70. The molecule has 20 heavy (non-hydrogen) atoms. The van der Waals surface area contributed by atoms with Gasteiger partial charge in [-0.05, 0) is 43.2 Å². The van der Waals surface area contributed by atoms with E-state index in [2.05, 4.69) is 36.9 Å². The van der Waals surface area contributed by atoms with Crippen LogP contribution in [0, 0.1) is 6.92 Å². The Bertz CT molecular complexity index is 528. The maximum atomic E-state index is 12.4. The van der Waals surface area contributed by atoms with Gasteiger partial charge in [0.1, 0.15) is 0 Å². The van der Waals surface area contributed by atoms with E-state index in [1.54, 1.807) is 6.92 Å². The van der Waals surface area contributed by atoms with Crippen molar-refractivity contribution in [1.29, 1.82) is 0 Å². The molecule has 1 aromatic carbocycles. The van der Waals surface area contributed by atoms with Gasteiger partial charge < -0.3 is 4.90 Å². The van der Waals surface area contributed by atoms with E-state index < -0.39 is 0 Å². The highest BCUT2D eigenvalue weighted by Crippen LogP contribution is 2.50. The minimum atomic E-state index is 0.0859. The van der Waals surface area contributed by atoms with E-state index in [1.807, 2.05) is 0 Å². The Labute approximate surface area is 122 Å². The van der Waals surface area contributed by atoms with E-state index in [0.717, 1.165) is 6.42 Å². The van der Waals surface area contributed by atoms with Crippen LogP contribution in [0.3, 0.4) is 0 Å². The number of aryl methyl sites for hydroxylation is 1. The predicted molar refractivity (Wildman–Crippen MR) is 83.2 cm³/mol. The van der Waals surface area contributed by atoms with Crippen molar-refractivity contribution in [3.05, 3.63) is 29.3 Å². The summed E-state index contributed by atoms with van der Waals surface area (Å²) in [6.07, 6.45) is 7.32. The van der Waals surface area contributed by atoms with Crippen LogP contribution < -0.4 is 4.90 Å². The van der Waals surface area contributed by atoms with Crippen molar-refractivity contribution in [3.8, 4) is 0 Å². The van der Waals surface area contributed by atoms with Crippen LogP contribution in [0.15, 0.2) is 18.2 Å². The van der Waals surface area contributed by atoms with E-state index in [9.17, 15) is 4.79 Å². The summed E-state index contributed by atoms with van der Waals surface area (Å²) in [6, 6.07) is 6.48. The summed E-state index contributed by atoms with van der Waals surface area (Å²) in [5.74, 6) is 0.771. The Hall–Kier alpha value is -1.31. The second-order valence-corrected chi connectivity index (χ2v) is 6.76. The lowest BCUT2D eigenvalue weighted by Gasteiger charge is -2.52. The Morgan fingerprint density at radius 3 is 2.60 bits per heavy atom. The topological polar surface area (TPSA) is 20.3 Å². The number of para-hydroxylation sites is 1. The maximum Gasteiger partial charge on any atom is 0.224 e. The third-order valence-corrected chi connectivity index (χ3v) is 5.28. The van der Waals surface area contributed by atoms with Gasteiger partial charge in [0.25, 0.3) is 0 Å². The molecular weight excluding hydrogens is 246 g/mol. The fraction of sp³-hybridized carbons (Fsp3) is 0.611. The first kappa shape index (κ1) is 13.7. The SMILES string of the molecule is CC(=O)N1c2c(C)cccc2[C@@H](C)CC12CCCCC2. The van der Waals surface area contributed by atoms with Crippen LogP contribution in [0.5, 0.6) is 0 Å². The van der Waals surface area contributed by atoms with Gasteiger partial charge in [-0.2, -0.15) is 0 Å². The average molecular weight is 271 g/mol. The van der Waals surface area contributed by atoms with Crippen molar-refractivity contribution in [1.82, 2.24) is 0 Å². The molecule has 0 radical (unpaired) electrons. The number of carbonyl (C=O) groups is 1. The van der Waals surface area contributed by atoms with Crippen LogP contribution >= 0.6 is 0 Å². The van der Waals surface area contributed by atoms with Gasteiger partial charge in [0.05, 0.1) is 5.69 Å². The lowest BCUT2D eigenvalue weighted by molar-refractivity contribution is -0.118. The number of carbonyl (C=O) groups excluding carboxylic acids is 1. The first-order chi connectivity index (χ1) is 9.55. The molecule has 1 spiro atoms. The molecule has 0 bridgehead atoms. The number of benzene rings is 1. The molecule has 2 aliphatic rings. The summed E-state index contributed by atoms with van der Waals surface area (Å²) in [5.41, 5.74) is 3.90. The molecule has 1 aromatic rings. The molecule has 1 heterocycles. The first-order valence-corrected chi connectivity index (χ1v) is 7.95. The van der Waals surface area contributed by atoms with Crippen molar-refractivity contribution in [3.63, 3.8) is 0 Å². The van der Waals surface area contributed by atoms with Gasteiger partial charge in [-0.3, -0.25) is 4.79 Å². The van der Waals surface area contributed by atoms with Crippen LogP contribution in [0.4, 0.5) is 5.69 Å². The maximum absolute atomic E-state index is 12.4. The van der Waals surface area contributed by atoms with E-state index in [0.29, 0.717) is 5.92 Å². The summed E-state index contributed by atoms with van der Waals surface area (Å²) in [6.45, 7) is 6.21. The quantitative estimate of drug-likeness (QED) is 0.677. The minimum absolute atomic E-state index is 0.0859. The zero-order valence-electron chi connectivity index (χ0n) is 12.9. The fourth-order valence-electron chi connectivity index (χ4n) is 4.52. The summed E-state index contributed by atoms with van der Waals surface area (Å²) >= 11 is 0. The van der Waals surface area contributed by atoms with E-state index in [4.69, 9.17) is 0 Å².